The maximum absolute atomic E-state index is 12.0. The van der Waals surface area contributed by atoms with Gasteiger partial charge in [-0.3, -0.25) is 4.79 Å². The topological polar surface area (TPSA) is 87.5 Å². The third-order valence-electron chi connectivity index (χ3n) is 2.61. The predicted octanol–water partition coefficient (Wildman–Crippen LogP) is 1.27. The second-order valence-corrected chi connectivity index (χ2v) is 4.38. The number of rotatable bonds is 2. The van der Waals surface area contributed by atoms with E-state index in [4.69, 9.17) is 5.11 Å². The number of carbonyl (C=O) groups excluding carboxylic acids is 1. The smallest absolute Gasteiger partial charge is 0.424 e. The summed E-state index contributed by atoms with van der Waals surface area (Å²) in [4.78, 5) is 28.4. The number of nitrogens with zero attached hydrogens (tertiary/aromatic N) is 3. The third-order valence-corrected chi connectivity index (χ3v) is 2.61. The summed E-state index contributed by atoms with van der Waals surface area (Å²) in [5.74, 6) is -0.337. The zero-order valence-electron chi connectivity index (χ0n) is 10.8. The number of aromatic nitrogens is 2. The Bertz CT molecular complexity index is 660. The number of hydrogen-bond donors (Lipinski definition) is 2. The molecule has 0 spiro atoms. The van der Waals surface area contributed by atoms with Gasteiger partial charge in [0.15, 0.2) is 0 Å². The monoisotopic (exact) mass is 262 g/mol. The second-order valence-electron chi connectivity index (χ2n) is 4.38. The van der Waals surface area contributed by atoms with Crippen molar-refractivity contribution in [2.75, 3.05) is 19.5 Å². The Labute approximate surface area is 109 Å². The molecule has 19 heavy (non-hydrogen) atoms. The first-order valence-corrected chi connectivity index (χ1v) is 5.61. The maximum atomic E-state index is 12.0. The minimum Gasteiger partial charge on any atom is -0.464 e. The second kappa shape index (κ2) is 4.60. The molecule has 2 amide bonds. The molecule has 0 saturated carbocycles. The zero-order chi connectivity index (χ0) is 14.2. The minimum absolute atomic E-state index is 0.0352. The fraction of sp³-hybridized carbons (Fsp3) is 0.250. The van der Waals surface area contributed by atoms with Crippen molar-refractivity contribution in [3.05, 3.63) is 29.6 Å². The average Bonchev–Trinajstić information content (AvgIpc) is 2.66. The number of nitrogens with one attached hydrogen (secondary N) is 1. The van der Waals surface area contributed by atoms with Crippen LogP contribution in [0.1, 0.15) is 16.2 Å². The fourth-order valence-corrected chi connectivity index (χ4v) is 1.74. The molecule has 7 nitrogen and oxygen atoms in total. The first-order chi connectivity index (χ1) is 8.90. The van der Waals surface area contributed by atoms with Crippen LogP contribution in [0.15, 0.2) is 18.2 Å². The normalized spacial score (nSPS) is 10.5. The van der Waals surface area contributed by atoms with Crippen molar-refractivity contribution in [2.24, 2.45) is 0 Å². The van der Waals surface area contributed by atoms with Crippen molar-refractivity contribution in [3.8, 4) is 0 Å². The highest BCUT2D eigenvalue weighted by Gasteiger charge is 2.20. The van der Waals surface area contributed by atoms with Crippen LogP contribution < -0.4 is 5.43 Å². The van der Waals surface area contributed by atoms with E-state index in [9.17, 15) is 9.59 Å². The lowest BCUT2D eigenvalue weighted by atomic mass is 10.2. The Kier molecular flexibility index (Phi) is 3.12. The molecule has 0 radical (unpaired) electrons. The summed E-state index contributed by atoms with van der Waals surface area (Å²) in [5.41, 5.74) is 4.24. The Hall–Kier alpha value is -2.57. The van der Waals surface area contributed by atoms with Gasteiger partial charge in [-0.1, -0.05) is 6.07 Å². The lowest BCUT2D eigenvalue weighted by molar-refractivity contribution is 0.0813. The number of amides is 2. The van der Waals surface area contributed by atoms with Gasteiger partial charge in [-0.05, 0) is 24.6 Å². The van der Waals surface area contributed by atoms with E-state index in [2.05, 4.69) is 10.4 Å². The standard InChI is InChI=1S/C12H14N4O3/c1-7-4-5-8-9(6-7)16(14-12(18)19)10(13-8)11(17)15(2)3/h4-6,14H,1-3H3,(H,18,19). The number of carboxylic acid groups (broad SMARTS) is 1. The number of aryl methyl sites for hydroxylation is 1. The van der Waals surface area contributed by atoms with Gasteiger partial charge >= 0.3 is 6.09 Å². The molecule has 0 aliphatic carbocycles. The van der Waals surface area contributed by atoms with Crippen molar-refractivity contribution in [1.29, 1.82) is 0 Å². The number of imidazole rings is 1. The molecular formula is C12H14N4O3. The van der Waals surface area contributed by atoms with E-state index in [-0.39, 0.29) is 11.7 Å². The van der Waals surface area contributed by atoms with Crippen LogP contribution >= 0.6 is 0 Å². The molecule has 1 aromatic heterocycles. The highest BCUT2D eigenvalue weighted by atomic mass is 16.4. The van der Waals surface area contributed by atoms with Crippen LogP contribution in [0, 0.1) is 6.92 Å². The first kappa shape index (κ1) is 12.9. The number of benzene rings is 1. The van der Waals surface area contributed by atoms with Crippen LogP contribution in [0.4, 0.5) is 4.79 Å². The average molecular weight is 262 g/mol. The van der Waals surface area contributed by atoms with Gasteiger partial charge in [-0.25, -0.2) is 19.9 Å². The Balaban J connectivity index is 2.68. The SMILES string of the molecule is Cc1ccc2nc(C(=O)N(C)C)n(NC(=O)O)c2c1. The lowest BCUT2D eigenvalue weighted by Crippen LogP contribution is -2.30. The fourth-order valence-electron chi connectivity index (χ4n) is 1.74. The van der Waals surface area contributed by atoms with E-state index in [1.54, 1.807) is 26.2 Å². The highest BCUT2D eigenvalue weighted by molar-refractivity contribution is 5.96. The Morgan fingerprint density at radius 2 is 2.05 bits per heavy atom. The molecule has 0 atom stereocenters. The molecule has 2 N–H and O–H groups in total. The summed E-state index contributed by atoms with van der Waals surface area (Å²) in [6.45, 7) is 1.88. The molecule has 0 aliphatic heterocycles. The molecule has 2 aromatic rings. The quantitative estimate of drug-likeness (QED) is 0.853. The van der Waals surface area contributed by atoms with Gasteiger partial charge in [-0.15, -0.1) is 0 Å². The molecule has 1 aromatic carbocycles. The van der Waals surface area contributed by atoms with Crippen LogP contribution in [0.5, 0.6) is 0 Å². The molecule has 100 valence electrons. The summed E-state index contributed by atoms with van der Waals surface area (Å²) in [5, 5.41) is 8.87. The van der Waals surface area contributed by atoms with Crippen LogP contribution in [0.25, 0.3) is 11.0 Å². The molecule has 2 rings (SSSR count). The molecule has 1 heterocycles. The van der Waals surface area contributed by atoms with Crippen LogP contribution in [-0.2, 0) is 0 Å². The third kappa shape index (κ3) is 2.35. The maximum Gasteiger partial charge on any atom is 0.424 e. The van der Waals surface area contributed by atoms with Gasteiger partial charge in [0.1, 0.15) is 0 Å². The minimum atomic E-state index is -1.26. The molecule has 0 fully saturated rings. The molecular weight excluding hydrogens is 248 g/mol. The van der Waals surface area contributed by atoms with Gasteiger partial charge in [-0.2, -0.15) is 0 Å². The van der Waals surface area contributed by atoms with Crippen molar-refractivity contribution >= 4 is 23.0 Å². The molecule has 0 unspecified atom stereocenters. The molecule has 7 heteroatoms. The van der Waals surface area contributed by atoms with Crippen molar-refractivity contribution < 1.29 is 14.7 Å². The van der Waals surface area contributed by atoms with Gasteiger partial charge in [0.25, 0.3) is 5.91 Å². The van der Waals surface area contributed by atoms with Gasteiger partial charge < -0.3 is 10.0 Å². The van der Waals surface area contributed by atoms with E-state index in [0.29, 0.717) is 11.0 Å². The predicted molar refractivity (Wildman–Crippen MR) is 69.9 cm³/mol. The zero-order valence-corrected chi connectivity index (χ0v) is 10.8. The van der Waals surface area contributed by atoms with E-state index in [1.165, 1.54) is 9.58 Å². The summed E-state index contributed by atoms with van der Waals surface area (Å²) in [6.07, 6.45) is -1.26. The number of fused-ring (bicyclic) bond motifs is 1. The van der Waals surface area contributed by atoms with Crippen molar-refractivity contribution in [2.45, 2.75) is 6.92 Å². The molecule has 0 saturated heterocycles. The summed E-state index contributed by atoms with van der Waals surface area (Å²) >= 11 is 0. The van der Waals surface area contributed by atoms with Gasteiger partial charge in [0, 0.05) is 14.1 Å². The summed E-state index contributed by atoms with van der Waals surface area (Å²) < 4.78 is 1.19. The van der Waals surface area contributed by atoms with Crippen LogP contribution in [0.2, 0.25) is 0 Å². The van der Waals surface area contributed by atoms with Crippen LogP contribution in [-0.4, -0.2) is 45.8 Å². The van der Waals surface area contributed by atoms with E-state index < -0.39 is 6.09 Å². The first-order valence-electron chi connectivity index (χ1n) is 5.61. The van der Waals surface area contributed by atoms with Crippen molar-refractivity contribution in [3.63, 3.8) is 0 Å². The summed E-state index contributed by atoms with van der Waals surface area (Å²) in [7, 11) is 3.16. The lowest BCUT2D eigenvalue weighted by Gasteiger charge is -2.11. The van der Waals surface area contributed by atoms with Gasteiger partial charge in [0.05, 0.1) is 11.0 Å². The Morgan fingerprint density at radius 1 is 1.37 bits per heavy atom. The number of carbonyl (C=O) groups is 2. The Morgan fingerprint density at radius 3 is 2.63 bits per heavy atom. The molecule has 0 aliphatic rings. The van der Waals surface area contributed by atoms with Crippen LogP contribution in [0.3, 0.4) is 0 Å². The summed E-state index contributed by atoms with van der Waals surface area (Å²) in [6, 6.07) is 5.37. The van der Waals surface area contributed by atoms with E-state index in [0.717, 1.165) is 5.56 Å². The van der Waals surface area contributed by atoms with Crippen molar-refractivity contribution in [1.82, 2.24) is 14.6 Å². The largest absolute Gasteiger partial charge is 0.464 e. The van der Waals surface area contributed by atoms with E-state index >= 15 is 0 Å². The highest BCUT2D eigenvalue weighted by Crippen LogP contribution is 2.17. The van der Waals surface area contributed by atoms with E-state index in [1.807, 2.05) is 13.0 Å². The van der Waals surface area contributed by atoms with Gasteiger partial charge in [0.2, 0.25) is 5.82 Å². The number of hydrogen-bond acceptors (Lipinski definition) is 3. The molecule has 0 bridgehead atoms.